The monoisotopic (exact) mass is 356 g/mol. The van der Waals surface area contributed by atoms with Crippen molar-refractivity contribution in [3.05, 3.63) is 41.9 Å². The van der Waals surface area contributed by atoms with Crippen LogP contribution in [0.15, 0.2) is 35.9 Å². The number of nitrogens with one attached hydrogen (secondary N) is 1. The van der Waals surface area contributed by atoms with Crippen LogP contribution in [0.3, 0.4) is 0 Å². The quantitative estimate of drug-likeness (QED) is 0.349. The van der Waals surface area contributed by atoms with Gasteiger partial charge in [0.1, 0.15) is 6.33 Å². The molecule has 0 bridgehead atoms. The smallest absolute Gasteiger partial charge is 0.191 e. The number of carbonyl (C=O) groups excluding carboxylic acids is 1. The number of H-pyrrole nitrogens is 1. The Balaban J connectivity index is 1.69. The van der Waals surface area contributed by atoms with Gasteiger partial charge < -0.3 is 9.55 Å². The average molecular weight is 356 g/mol. The summed E-state index contributed by atoms with van der Waals surface area (Å²) in [5.41, 5.74) is 3.07. The number of rotatable bonds is 9. The Hall–Kier alpha value is -2.08. The van der Waals surface area contributed by atoms with Crippen LogP contribution in [-0.2, 0) is 13.0 Å². The summed E-state index contributed by atoms with van der Waals surface area (Å²) >= 11 is 1.46. The fourth-order valence-electron chi connectivity index (χ4n) is 2.99. The molecule has 0 saturated heterocycles. The Kier molecular flexibility index (Phi) is 5.91. The van der Waals surface area contributed by atoms with Crippen LogP contribution in [-0.4, -0.2) is 31.3 Å². The van der Waals surface area contributed by atoms with Crippen molar-refractivity contribution in [2.24, 2.45) is 0 Å². The van der Waals surface area contributed by atoms with Crippen LogP contribution >= 0.6 is 11.8 Å². The van der Waals surface area contributed by atoms with E-state index in [2.05, 4.69) is 35.1 Å². The molecule has 0 unspecified atom stereocenters. The van der Waals surface area contributed by atoms with Crippen LogP contribution in [0, 0.1) is 0 Å². The molecule has 25 heavy (non-hydrogen) atoms. The normalized spacial score (nSPS) is 11.3. The molecule has 6 heteroatoms. The number of Topliss-reactive ketones (excluding diaryl/α,β-unsaturated/α-hetero) is 1. The van der Waals surface area contributed by atoms with Crippen molar-refractivity contribution in [3.63, 3.8) is 0 Å². The molecule has 1 aromatic carbocycles. The van der Waals surface area contributed by atoms with E-state index in [1.807, 2.05) is 22.9 Å². The van der Waals surface area contributed by atoms with Crippen molar-refractivity contribution in [2.45, 2.75) is 51.2 Å². The summed E-state index contributed by atoms with van der Waals surface area (Å²) < 4.78 is 2.04. The Bertz CT molecular complexity index is 852. The van der Waals surface area contributed by atoms with Crippen molar-refractivity contribution in [2.75, 3.05) is 5.75 Å². The highest BCUT2D eigenvalue weighted by atomic mass is 32.2. The number of aromatic amines is 1. The van der Waals surface area contributed by atoms with E-state index in [9.17, 15) is 4.79 Å². The molecular formula is C19H24N4OS. The van der Waals surface area contributed by atoms with Crippen LogP contribution in [0.1, 0.15) is 49.0 Å². The number of unbranched alkanes of at least 4 members (excludes halogenated alkanes) is 2. The van der Waals surface area contributed by atoms with Crippen LogP contribution in [0.4, 0.5) is 0 Å². The SMILES string of the molecule is CCCCCn1cnnc1SCC(=O)c1c[nH]c2c(CC)cccc12. The first-order chi connectivity index (χ1) is 12.2. The molecule has 0 radical (unpaired) electrons. The van der Waals surface area contributed by atoms with Gasteiger partial charge in [0, 0.05) is 29.2 Å². The minimum atomic E-state index is 0.118. The molecule has 0 fully saturated rings. The summed E-state index contributed by atoms with van der Waals surface area (Å²) in [6, 6.07) is 6.13. The maximum absolute atomic E-state index is 12.7. The molecule has 0 spiro atoms. The minimum absolute atomic E-state index is 0.118. The van der Waals surface area contributed by atoms with Gasteiger partial charge in [-0.15, -0.1) is 10.2 Å². The first-order valence-electron chi connectivity index (χ1n) is 8.87. The first kappa shape index (κ1) is 17.7. The Morgan fingerprint density at radius 2 is 2.16 bits per heavy atom. The number of thioether (sulfide) groups is 1. The van der Waals surface area contributed by atoms with Gasteiger partial charge in [-0.1, -0.05) is 56.7 Å². The molecule has 2 aromatic heterocycles. The molecule has 5 nitrogen and oxygen atoms in total. The van der Waals surface area contributed by atoms with E-state index in [1.165, 1.54) is 30.2 Å². The van der Waals surface area contributed by atoms with Crippen molar-refractivity contribution < 1.29 is 4.79 Å². The maximum Gasteiger partial charge on any atom is 0.191 e. The van der Waals surface area contributed by atoms with Gasteiger partial charge in [0.15, 0.2) is 10.9 Å². The van der Waals surface area contributed by atoms with Crippen LogP contribution in [0.5, 0.6) is 0 Å². The number of benzene rings is 1. The van der Waals surface area contributed by atoms with Crippen molar-refractivity contribution in [1.29, 1.82) is 0 Å². The zero-order valence-electron chi connectivity index (χ0n) is 14.8. The predicted molar refractivity (Wildman–Crippen MR) is 102 cm³/mol. The topological polar surface area (TPSA) is 63.6 Å². The summed E-state index contributed by atoms with van der Waals surface area (Å²) in [6.45, 7) is 5.22. The molecule has 0 aliphatic carbocycles. The molecule has 0 amide bonds. The van der Waals surface area contributed by atoms with E-state index >= 15 is 0 Å². The molecule has 132 valence electrons. The van der Waals surface area contributed by atoms with Gasteiger partial charge in [-0.2, -0.15) is 0 Å². The third-order valence-electron chi connectivity index (χ3n) is 4.40. The van der Waals surface area contributed by atoms with E-state index in [0.717, 1.165) is 41.0 Å². The van der Waals surface area contributed by atoms with Gasteiger partial charge in [0.2, 0.25) is 0 Å². The number of aromatic nitrogens is 4. The molecule has 0 saturated carbocycles. The lowest BCUT2D eigenvalue weighted by Crippen LogP contribution is -2.04. The highest BCUT2D eigenvalue weighted by molar-refractivity contribution is 7.99. The zero-order chi connectivity index (χ0) is 17.6. The second-order valence-corrected chi connectivity index (χ2v) is 7.06. The third kappa shape index (κ3) is 3.95. The standard InChI is InChI=1S/C19H24N4OS/c1-3-5-6-10-23-13-21-22-19(23)25-12-17(24)16-11-20-18-14(4-2)8-7-9-15(16)18/h7-9,11,13,20H,3-6,10,12H2,1-2H3. The zero-order valence-corrected chi connectivity index (χ0v) is 15.6. The summed E-state index contributed by atoms with van der Waals surface area (Å²) in [4.78, 5) is 16.0. The fourth-order valence-corrected chi connectivity index (χ4v) is 3.82. The van der Waals surface area contributed by atoms with Crippen LogP contribution in [0.2, 0.25) is 0 Å². The van der Waals surface area contributed by atoms with Crippen molar-refractivity contribution >= 4 is 28.4 Å². The average Bonchev–Trinajstić information content (AvgIpc) is 3.26. The summed E-state index contributed by atoms with van der Waals surface area (Å²) in [7, 11) is 0. The molecule has 3 aromatic rings. The maximum atomic E-state index is 12.7. The van der Waals surface area contributed by atoms with Gasteiger partial charge in [-0.05, 0) is 18.4 Å². The second-order valence-electron chi connectivity index (χ2n) is 6.12. The van der Waals surface area contributed by atoms with E-state index in [-0.39, 0.29) is 5.78 Å². The molecule has 2 heterocycles. The minimum Gasteiger partial charge on any atom is -0.360 e. The van der Waals surface area contributed by atoms with Crippen LogP contribution < -0.4 is 0 Å². The molecule has 0 atom stereocenters. The molecular weight excluding hydrogens is 332 g/mol. The van der Waals surface area contributed by atoms with Crippen LogP contribution in [0.25, 0.3) is 10.9 Å². The summed E-state index contributed by atoms with van der Waals surface area (Å²) in [5, 5.41) is 9.97. The predicted octanol–water partition coefficient (Wildman–Crippen LogP) is 4.49. The summed E-state index contributed by atoms with van der Waals surface area (Å²) in [5.74, 6) is 0.489. The third-order valence-corrected chi connectivity index (χ3v) is 5.38. The van der Waals surface area contributed by atoms with Crippen molar-refractivity contribution in [3.8, 4) is 0 Å². The van der Waals surface area contributed by atoms with E-state index in [4.69, 9.17) is 0 Å². The largest absolute Gasteiger partial charge is 0.360 e. The van der Waals surface area contributed by atoms with Gasteiger partial charge in [-0.3, -0.25) is 4.79 Å². The van der Waals surface area contributed by atoms with Gasteiger partial charge >= 0.3 is 0 Å². The first-order valence-corrected chi connectivity index (χ1v) is 9.86. The lowest BCUT2D eigenvalue weighted by Gasteiger charge is -2.05. The van der Waals surface area contributed by atoms with Gasteiger partial charge in [-0.25, -0.2) is 0 Å². The number of nitrogens with zero attached hydrogens (tertiary/aromatic N) is 3. The second kappa shape index (κ2) is 8.34. The van der Waals surface area contributed by atoms with E-state index in [1.54, 1.807) is 6.33 Å². The Labute approximate surface area is 152 Å². The Morgan fingerprint density at radius 3 is 2.96 bits per heavy atom. The van der Waals surface area contributed by atoms with E-state index in [0.29, 0.717) is 5.75 Å². The number of ketones is 1. The summed E-state index contributed by atoms with van der Waals surface area (Å²) in [6.07, 6.45) is 8.01. The molecule has 3 rings (SSSR count). The molecule has 0 aliphatic rings. The molecule has 0 aliphatic heterocycles. The highest BCUT2D eigenvalue weighted by Gasteiger charge is 2.15. The number of para-hydroxylation sites is 1. The fraction of sp³-hybridized carbons (Fsp3) is 0.421. The number of hydrogen-bond acceptors (Lipinski definition) is 4. The number of hydrogen-bond donors (Lipinski definition) is 1. The van der Waals surface area contributed by atoms with Gasteiger partial charge in [0.25, 0.3) is 0 Å². The van der Waals surface area contributed by atoms with Gasteiger partial charge in [0.05, 0.1) is 5.75 Å². The Morgan fingerprint density at radius 1 is 1.28 bits per heavy atom. The molecule has 1 N–H and O–H groups in total. The van der Waals surface area contributed by atoms with E-state index < -0.39 is 0 Å². The number of carbonyl (C=O) groups is 1. The number of aryl methyl sites for hydroxylation is 2. The lowest BCUT2D eigenvalue weighted by molar-refractivity contribution is 0.102. The lowest BCUT2D eigenvalue weighted by atomic mass is 10.1. The number of fused-ring (bicyclic) bond motifs is 1. The van der Waals surface area contributed by atoms with Crippen molar-refractivity contribution in [1.82, 2.24) is 19.7 Å². The highest BCUT2D eigenvalue weighted by Crippen LogP contribution is 2.25.